The van der Waals surface area contributed by atoms with E-state index >= 15 is 0 Å². The minimum atomic E-state index is -0.316. The molecule has 0 unspecified atom stereocenters. The lowest BCUT2D eigenvalue weighted by molar-refractivity contribution is -0.689. The summed E-state index contributed by atoms with van der Waals surface area (Å²) < 4.78 is 8.22. The quantitative estimate of drug-likeness (QED) is 0.118. The van der Waals surface area contributed by atoms with Crippen LogP contribution in [0.5, 0.6) is 5.75 Å². The molecule has 0 aliphatic heterocycles. The molecule has 0 fully saturated rings. The molecule has 39 heavy (non-hydrogen) atoms. The van der Waals surface area contributed by atoms with Crippen molar-refractivity contribution in [3.8, 4) is 5.75 Å². The predicted molar refractivity (Wildman–Crippen MR) is 165 cm³/mol. The fraction of sp³-hybridized carbons (Fsp3) is 0.500. The van der Waals surface area contributed by atoms with Gasteiger partial charge >= 0.3 is 6.03 Å². The van der Waals surface area contributed by atoms with E-state index in [1.807, 2.05) is 24.3 Å². The summed E-state index contributed by atoms with van der Waals surface area (Å²) in [6.45, 7) is 5.79. The number of amides is 2. The van der Waals surface area contributed by atoms with Crippen molar-refractivity contribution in [3.05, 3.63) is 69.6 Å². The van der Waals surface area contributed by atoms with E-state index < -0.39 is 0 Å². The lowest BCUT2D eigenvalue weighted by atomic mass is 10.1. The number of anilines is 2. The number of nitrogens with zero attached hydrogens (tertiary/aromatic N) is 1. The fourth-order valence-corrected chi connectivity index (χ4v) is 5.48. The first kappa shape index (κ1) is 31.0. The molecule has 0 saturated heterocycles. The van der Waals surface area contributed by atoms with E-state index in [1.165, 1.54) is 75.5 Å². The highest BCUT2D eigenvalue weighted by atomic mass is 35.5. The largest absolute Gasteiger partial charge is 0.491 e. The second-order valence-electron chi connectivity index (χ2n) is 10.3. The van der Waals surface area contributed by atoms with Gasteiger partial charge in [-0.3, -0.25) is 0 Å². The molecule has 1 heterocycles. The summed E-state index contributed by atoms with van der Waals surface area (Å²) in [5.41, 5.74) is 5.87. The Labute approximate surface area is 243 Å². The zero-order valence-electron chi connectivity index (χ0n) is 23.6. The molecule has 2 amide bonds. The van der Waals surface area contributed by atoms with Gasteiger partial charge in [-0.2, -0.15) is 4.57 Å². The van der Waals surface area contributed by atoms with E-state index in [0.717, 1.165) is 25.1 Å². The average Bonchev–Trinajstić information content (AvgIpc) is 3.33. The van der Waals surface area contributed by atoms with Crippen molar-refractivity contribution >= 4 is 40.3 Å². The number of halogens is 1. The molecular weight excluding hydrogens is 526 g/mol. The van der Waals surface area contributed by atoms with Crippen molar-refractivity contribution in [3.63, 3.8) is 0 Å². The Hall–Kier alpha value is -2.57. The summed E-state index contributed by atoms with van der Waals surface area (Å²) in [5, 5.41) is 8.52. The number of carbonyl (C=O) groups excluding carboxylic acids is 1. The molecule has 0 aliphatic rings. The zero-order valence-corrected chi connectivity index (χ0v) is 25.2. The molecule has 3 rings (SSSR count). The molecule has 2 aromatic carbocycles. The molecule has 2 N–H and O–H groups in total. The van der Waals surface area contributed by atoms with Crippen LogP contribution in [0.2, 0.25) is 5.02 Å². The molecule has 0 spiro atoms. The Balaban J connectivity index is 1.34. The molecular formula is C32H45ClN3O2S+. The van der Waals surface area contributed by atoms with Gasteiger partial charge in [0.2, 0.25) is 5.51 Å². The van der Waals surface area contributed by atoms with Crippen LogP contribution in [0.25, 0.3) is 0 Å². The summed E-state index contributed by atoms with van der Waals surface area (Å²) in [6.07, 6.45) is 15.6. The van der Waals surface area contributed by atoms with Crippen LogP contribution >= 0.6 is 22.9 Å². The number of carbonyl (C=O) groups is 1. The molecule has 5 nitrogen and oxygen atoms in total. The molecule has 0 radical (unpaired) electrons. The van der Waals surface area contributed by atoms with Crippen LogP contribution in [0.3, 0.4) is 0 Å². The number of hydrogen-bond acceptors (Lipinski definition) is 3. The number of unbranched alkanes of at least 4 members (excludes halogenated alkanes) is 11. The third kappa shape index (κ3) is 12.0. The highest BCUT2D eigenvalue weighted by molar-refractivity contribution is 7.07. The Kier molecular flexibility index (Phi) is 14.2. The average molecular weight is 571 g/mol. The molecule has 0 atom stereocenters. The number of benzene rings is 2. The van der Waals surface area contributed by atoms with E-state index in [-0.39, 0.29) is 6.03 Å². The normalized spacial score (nSPS) is 10.9. The molecule has 0 aliphatic carbocycles. The van der Waals surface area contributed by atoms with Gasteiger partial charge in [0.1, 0.15) is 5.75 Å². The number of aryl methyl sites for hydroxylation is 1. The van der Waals surface area contributed by atoms with Crippen LogP contribution in [0, 0.1) is 6.92 Å². The van der Waals surface area contributed by atoms with Gasteiger partial charge in [-0.25, -0.2) is 4.79 Å². The van der Waals surface area contributed by atoms with Gasteiger partial charge < -0.3 is 15.4 Å². The molecule has 3 aromatic rings. The summed E-state index contributed by atoms with van der Waals surface area (Å²) >= 11 is 7.90. The maximum Gasteiger partial charge on any atom is 0.323 e. The van der Waals surface area contributed by atoms with Crippen molar-refractivity contribution < 1.29 is 14.1 Å². The minimum Gasteiger partial charge on any atom is -0.491 e. The Morgan fingerprint density at radius 3 is 2.13 bits per heavy atom. The first-order valence-electron chi connectivity index (χ1n) is 14.6. The number of urea groups is 1. The second-order valence-corrected chi connectivity index (χ2v) is 11.4. The maximum absolute atomic E-state index is 12.7. The van der Waals surface area contributed by atoms with E-state index in [9.17, 15) is 4.79 Å². The lowest BCUT2D eigenvalue weighted by Crippen LogP contribution is -2.34. The summed E-state index contributed by atoms with van der Waals surface area (Å²) in [4.78, 5) is 12.7. The van der Waals surface area contributed by atoms with Crippen LogP contribution in [0.1, 0.15) is 95.2 Å². The van der Waals surface area contributed by atoms with E-state index in [4.69, 9.17) is 16.3 Å². The van der Waals surface area contributed by atoms with Crippen molar-refractivity contribution in [2.45, 2.75) is 97.4 Å². The Bertz CT molecular complexity index is 1120. The van der Waals surface area contributed by atoms with Gasteiger partial charge in [0.15, 0.2) is 12.2 Å². The second kappa shape index (κ2) is 17.9. The van der Waals surface area contributed by atoms with Crippen LogP contribution in [0.15, 0.2) is 53.4 Å². The maximum atomic E-state index is 12.7. The van der Waals surface area contributed by atoms with Crippen LogP contribution in [0.4, 0.5) is 16.2 Å². The van der Waals surface area contributed by atoms with E-state index in [2.05, 4.69) is 39.9 Å². The van der Waals surface area contributed by atoms with Crippen LogP contribution in [-0.2, 0) is 6.54 Å². The lowest BCUT2D eigenvalue weighted by Gasteiger charge is -2.14. The summed E-state index contributed by atoms with van der Waals surface area (Å²) in [6, 6.07) is 12.9. The monoisotopic (exact) mass is 570 g/mol. The van der Waals surface area contributed by atoms with Crippen molar-refractivity contribution in [1.82, 2.24) is 0 Å². The van der Waals surface area contributed by atoms with Gasteiger partial charge in [0.25, 0.3) is 0 Å². The highest BCUT2D eigenvalue weighted by Crippen LogP contribution is 2.29. The van der Waals surface area contributed by atoms with Gasteiger partial charge in [-0.15, -0.1) is 0 Å². The third-order valence-electron chi connectivity index (χ3n) is 6.89. The van der Waals surface area contributed by atoms with Gasteiger partial charge in [-0.1, -0.05) is 113 Å². The summed E-state index contributed by atoms with van der Waals surface area (Å²) in [7, 11) is 0. The fourth-order valence-electron chi connectivity index (χ4n) is 4.53. The van der Waals surface area contributed by atoms with Crippen molar-refractivity contribution in [2.75, 3.05) is 17.2 Å². The number of hydrogen-bond donors (Lipinski definition) is 2. The topological polar surface area (TPSA) is 54.2 Å². The molecule has 0 saturated carbocycles. The summed E-state index contributed by atoms with van der Waals surface area (Å²) in [5.74, 6) is 0.597. The smallest absolute Gasteiger partial charge is 0.323 e. The first-order chi connectivity index (χ1) is 19.0. The van der Waals surface area contributed by atoms with Crippen LogP contribution in [-0.4, -0.2) is 12.6 Å². The number of rotatable bonds is 18. The molecule has 0 bridgehead atoms. The van der Waals surface area contributed by atoms with Crippen molar-refractivity contribution in [2.24, 2.45) is 0 Å². The van der Waals surface area contributed by atoms with Crippen molar-refractivity contribution in [1.29, 1.82) is 0 Å². The number of nitrogens with one attached hydrogen (secondary N) is 2. The standard InChI is InChI=1S/C32H44ClN3O2S/c1-3-4-5-6-7-8-9-10-11-12-13-14-21-38-31-22-28(33)17-20-30(31)35-32(37)34-29-18-15-27(16-19-29)23-36-25-39-24-26(36)2/h15-20,22,24-25H,3-14,21,23H2,1-2H3,(H-,34,35,37)/p+1. The Morgan fingerprint density at radius 2 is 1.51 bits per heavy atom. The molecule has 7 heteroatoms. The Morgan fingerprint density at radius 1 is 0.872 bits per heavy atom. The predicted octanol–water partition coefficient (Wildman–Crippen LogP) is 9.77. The zero-order chi connectivity index (χ0) is 27.7. The highest BCUT2D eigenvalue weighted by Gasteiger charge is 2.11. The number of aromatic nitrogens is 1. The van der Waals surface area contributed by atoms with Gasteiger partial charge in [-0.05, 0) is 30.7 Å². The number of ether oxygens (including phenoxy) is 1. The van der Waals surface area contributed by atoms with Gasteiger partial charge in [0.05, 0.1) is 17.7 Å². The first-order valence-corrected chi connectivity index (χ1v) is 15.9. The van der Waals surface area contributed by atoms with Gasteiger partial charge in [0, 0.05) is 29.3 Å². The number of thiazole rings is 1. The van der Waals surface area contributed by atoms with E-state index in [0.29, 0.717) is 23.1 Å². The van der Waals surface area contributed by atoms with Crippen LogP contribution < -0.4 is 19.9 Å². The molecule has 212 valence electrons. The minimum absolute atomic E-state index is 0.316. The third-order valence-corrected chi connectivity index (χ3v) is 7.98. The molecule has 1 aromatic heterocycles. The SMILES string of the molecule is CCCCCCCCCCCCCCOc1cc(Cl)ccc1NC(=O)Nc1ccc(C[n+]2cscc2C)cc1. The van der Waals surface area contributed by atoms with E-state index in [1.54, 1.807) is 29.5 Å².